The lowest BCUT2D eigenvalue weighted by Crippen LogP contribution is -2.34. The van der Waals surface area contributed by atoms with Crippen LogP contribution in [0.25, 0.3) is 0 Å². The molecule has 0 saturated carbocycles. The monoisotopic (exact) mass is 187 g/mol. The van der Waals surface area contributed by atoms with Gasteiger partial charge in [-0.05, 0) is 12.1 Å². The topological polar surface area (TPSA) is 41.6 Å². The highest BCUT2D eigenvalue weighted by molar-refractivity contribution is 5.81. The summed E-state index contributed by atoms with van der Waals surface area (Å²) in [6.07, 6.45) is 4.18. The third-order valence-corrected chi connectivity index (χ3v) is 2.14. The fraction of sp³-hybridized carbons (Fsp3) is 0.182. The summed E-state index contributed by atoms with van der Waals surface area (Å²) in [5, 5.41) is 0. The summed E-state index contributed by atoms with van der Waals surface area (Å²) in [4.78, 5) is 6.34. The van der Waals surface area contributed by atoms with Crippen LogP contribution in [0.3, 0.4) is 0 Å². The van der Waals surface area contributed by atoms with Crippen LogP contribution < -0.4 is 5.73 Å². The van der Waals surface area contributed by atoms with Gasteiger partial charge in [0, 0.05) is 13.1 Å². The van der Waals surface area contributed by atoms with Gasteiger partial charge in [0.15, 0.2) is 5.96 Å². The fourth-order valence-electron chi connectivity index (χ4n) is 1.37. The quantitative estimate of drug-likeness (QED) is 0.411. The van der Waals surface area contributed by atoms with Gasteiger partial charge in [0.2, 0.25) is 0 Å². The SMILES string of the molecule is NC(=Nc1ccccc1)N1CC=CC1. The standard InChI is InChI=1S/C11H13N3/c12-11(14-8-4-5-9-14)13-10-6-2-1-3-7-10/h1-7H,8-9H2,(H2,12,13). The van der Waals surface area contributed by atoms with E-state index in [1.165, 1.54) is 0 Å². The van der Waals surface area contributed by atoms with Crippen LogP contribution in [0.1, 0.15) is 0 Å². The second-order valence-corrected chi connectivity index (χ2v) is 3.18. The Morgan fingerprint density at radius 2 is 1.79 bits per heavy atom. The molecule has 0 bridgehead atoms. The van der Waals surface area contributed by atoms with Crippen LogP contribution in [0.2, 0.25) is 0 Å². The number of benzene rings is 1. The van der Waals surface area contributed by atoms with E-state index < -0.39 is 0 Å². The van der Waals surface area contributed by atoms with Crippen LogP contribution in [-0.4, -0.2) is 23.9 Å². The molecule has 1 heterocycles. The first-order chi connectivity index (χ1) is 6.86. The maximum Gasteiger partial charge on any atom is 0.197 e. The maximum absolute atomic E-state index is 5.85. The first kappa shape index (κ1) is 8.81. The largest absolute Gasteiger partial charge is 0.369 e. The van der Waals surface area contributed by atoms with E-state index in [2.05, 4.69) is 17.1 Å². The van der Waals surface area contributed by atoms with Gasteiger partial charge in [-0.15, -0.1) is 0 Å². The van der Waals surface area contributed by atoms with Crippen LogP contribution in [0, 0.1) is 0 Å². The van der Waals surface area contributed by atoms with Crippen LogP contribution in [0.4, 0.5) is 5.69 Å². The van der Waals surface area contributed by atoms with E-state index in [1.54, 1.807) is 0 Å². The molecular formula is C11H13N3. The minimum atomic E-state index is 0.584. The van der Waals surface area contributed by atoms with E-state index in [-0.39, 0.29) is 0 Å². The highest BCUT2D eigenvalue weighted by Crippen LogP contribution is 2.10. The van der Waals surface area contributed by atoms with Gasteiger partial charge in [-0.25, -0.2) is 4.99 Å². The molecule has 0 fully saturated rings. The van der Waals surface area contributed by atoms with Crippen LogP contribution in [0.5, 0.6) is 0 Å². The molecule has 1 aliphatic rings. The Bertz CT molecular complexity index is 346. The Labute approximate surface area is 83.6 Å². The Balaban J connectivity index is 2.10. The Morgan fingerprint density at radius 3 is 2.43 bits per heavy atom. The van der Waals surface area contributed by atoms with Gasteiger partial charge in [0.25, 0.3) is 0 Å². The van der Waals surface area contributed by atoms with Crippen molar-refractivity contribution in [2.24, 2.45) is 10.7 Å². The molecule has 0 spiro atoms. The number of rotatable bonds is 1. The van der Waals surface area contributed by atoms with Crippen molar-refractivity contribution >= 4 is 11.6 Å². The number of nitrogens with two attached hydrogens (primary N) is 1. The molecule has 1 aromatic carbocycles. The van der Waals surface area contributed by atoms with E-state index in [0.717, 1.165) is 18.8 Å². The van der Waals surface area contributed by atoms with Gasteiger partial charge in [-0.3, -0.25) is 0 Å². The molecule has 1 aliphatic heterocycles. The van der Waals surface area contributed by atoms with Crippen molar-refractivity contribution in [2.75, 3.05) is 13.1 Å². The summed E-state index contributed by atoms with van der Waals surface area (Å²) in [6, 6.07) is 9.75. The third-order valence-electron chi connectivity index (χ3n) is 2.14. The molecular weight excluding hydrogens is 174 g/mol. The normalized spacial score (nSPS) is 16.3. The summed E-state index contributed by atoms with van der Waals surface area (Å²) in [6.45, 7) is 1.73. The number of nitrogens with zero attached hydrogens (tertiary/aromatic N) is 2. The highest BCUT2D eigenvalue weighted by atomic mass is 15.3. The lowest BCUT2D eigenvalue weighted by molar-refractivity contribution is 0.534. The van der Waals surface area contributed by atoms with E-state index in [9.17, 15) is 0 Å². The summed E-state index contributed by atoms with van der Waals surface area (Å²) < 4.78 is 0. The minimum absolute atomic E-state index is 0.584. The summed E-state index contributed by atoms with van der Waals surface area (Å²) >= 11 is 0. The van der Waals surface area contributed by atoms with Gasteiger partial charge < -0.3 is 10.6 Å². The van der Waals surface area contributed by atoms with E-state index >= 15 is 0 Å². The van der Waals surface area contributed by atoms with Crippen molar-refractivity contribution in [3.8, 4) is 0 Å². The fourth-order valence-corrected chi connectivity index (χ4v) is 1.37. The zero-order valence-electron chi connectivity index (χ0n) is 7.93. The van der Waals surface area contributed by atoms with E-state index in [1.807, 2.05) is 35.2 Å². The number of hydrogen-bond acceptors (Lipinski definition) is 1. The minimum Gasteiger partial charge on any atom is -0.369 e. The highest BCUT2D eigenvalue weighted by Gasteiger charge is 2.07. The van der Waals surface area contributed by atoms with Crippen molar-refractivity contribution < 1.29 is 0 Å². The van der Waals surface area contributed by atoms with Crippen LogP contribution in [0.15, 0.2) is 47.5 Å². The lowest BCUT2D eigenvalue weighted by atomic mass is 10.3. The molecule has 2 rings (SSSR count). The van der Waals surface area contributed by atoms with Gasteiger partial charge in [0.1, 0.15) is 0 Å². The molecule has 0 radical (unpaired) electrons. The molecule has 1 aromatic rings. The number of hydrogen-bond donors (Lipinski definition) is 1. The van der Waals surface area contributed by atoms with Crippen molar-refractivity contribution in [2.45, 2.75) is 0 Å². The van der Waals surface area contributed by atoms with Crippen molar-refractivity contribution in [3.63, 3.8) is 0 Å². The average molecular weight is 187 g/mol. The Morgan fingerprint density at radius 1 is 1.14 bits per heavy atom. The second kappa shape index (κ2) is 3.96. The summed E-state index contributed by atoms with van der Waals surface area (Å²) in [7, 11) is 0. The van der Waals surface area contributed by atoms with Crippen LogP contribution >= 0.6 is 0 Å². The number of guanidine groups is 1. The Kier molecular flexibility index (Phi) is 2.49. The van der Waals surface area contributed by atoms with Crippen molar-refractivity contribution in [1.29, 1.82) is 0 Å². The molecule has 0 aromatic heterocycles. The van der Waals surface area contributed by atoms with E-state index in [0.29, 0.717) is 5.96 Å². The zero-order valence-corrected chi connectivity index (χ0v) is 7.93. The first-order valence-corrected chi connectivity index (χ1v) is 4.65. The van der Waals surface area contributed by atoms with Gasteiger partial charge in [0.05, 0.1) is 5.69 Å². The summed E-state index contributed by atoms with van der Waals surface area (Å²) in [5.41, 5.74) is 6.75. The van der Waals surface area contributed by atoms with Gasteiger partial charge >= 0.3 is 0 Å². The van der Waals surface area contributed by atoms with Crippen molar-refractivity contribution in [1.82, 2.24) is 4.90 Å². The summed E-state index contributed by atoms with van der Waals surface area (Å²) in [5.74, 6) is 0.584. The molecule has 0 saturated heterocycles. The van der Waals surface area contributed by atoms with Gasteiger partial charge in [-0.1, -0.05) is 30.4 Å². The first-order valence-electron chi connectivity index (χ1n) is 4.65. The predicted octanol–water partition coefficient (Wildman–Crippen LogP) is 1.50. The smallest absolute Gasteiger partial charge is 0.197 e. The van der Waals surface area contributed by atoms with Gasteiger partial charge in [-0.2, -0.15) is 0 Å². The molecule has 3 nitrogen and oxygen atoms in total. The molecule has 2 N–H and O–H groups in total. The zero-order chi connectivity index (χ0) is 9.80. The molecule has 72 valence electrons. The molecule has 0 amide bonds. The third kappa shape index (κ3) is 1.93. The average Bonchev–Trinajstić information content (AvgIpc) is 2.72. The van der Waals surface area contributed by atoms with E-state index in [4.69, 9.17) is 5.73 Å². The Hall–Kier alpha value is -1.77. The second-order valence-electron chi connectivity index (χ2n) is 3.18. The molecule has 0 aliphatic carbocycles. The maximum atomic E-state index is 5.85. The lowest BCUT2D eigenvalue weighted by Gasteiger charge is -2.15. The predicted molar refractivity (Wildman–Crippen MR) is 58.4 cm³/mol. The van der Waals surface area contributed by atoms with Crippen molar-refractivity contribution in [3.05, 3.63) is 42.5 Å². The number of para-hydroxylation sites is 1. The molecule has 3 heteroatoms. The molecule has 0 atom stereocenters. The van der Waals surface area contributed by atoms with Crippen LogP contribution in [-0.2, 0) is 0 Å². The molecule has 0 unspecified atom stereocenters. The number of aliphatic imine (C=N–C) groups is 1. The molecule has 14 heavy (non-hydrogen) atoms.